The van der Waals surface area contributed by atoms with Gasteiger partial charge in [-0.15, -0.1) is 0 Å². The Hall–Kier alpha value is -3.57. The molecule has 1 aliphatic rings. The van der Waals surface area contributed by atoms with Crippen LogP contribution in [0, 0.1) is 0 Å². The normalized spacial score (nSPS) is 16.5. The summed E-state index contributed by atoms with van der Waals surface area (Å²) < 4.78 is 4.64. The lowest BCUT2D eigenvalue weighted by atomic mass is 10.0. The second-order valence-corrected chi connectivity index (χ2v) is 7.96. The van der Waals surface area contributed by atoms with Gasteiger partial charge in [-0.3, -0.25) is 10.4 Å². The van der Waals surface area contributed by atoms with E-state index in [-0.39, 0.29) is 0 Å². The van der Waals surface area contributed by atoms with Gasteiger partial charge in [-0.1, -0.05) is 36.4 Å². The molecule has 1 saturated heterocycles. The van der Waals surface area contributed by atoms with Gasteiger partial charge in [0, 0.05) is 29.8 Å². The van der Waals surface area contributed by atoms with Crippen LogP contribution < -0.4 is 5.32 Å². The Morgan fingerprint density at radius 3 is 2.52 bits per heavy atom. The Morgan fingerprint density at radius 2 is 1.62 bits per heavy atom. The van der Waals surface area contributed by atoms with E-state index >= 15 is 0 Å². The lowest BCUT2D eigenvalue weighted by molar-refractivity contribution is 0.786. The van der Waals surface area contributed by atoms with Crippen LogP contribution in [0.2, 0.25) is 0 Å². The minimum atomic E-state index is 0.397. The number of hydrogen-bond acceptors (Lipinski definition) is 2. The van der Waals surface area contributed by atoms with E-state index in [1.54, 1.807) is 0 Å². The minimum absolute atomic E-state index is 0.397. The molecule has 1 aliphatic heterocycles. The topological polar surface area (TPSA) is 60.5 Å². The molecule has 7 rings (SSSR count). The quantitative estimate of drug-likeness (QED) is 0.420. The fourth-order valence-corrected chi connectivity index (χ4v) is 4.82. The lowest BCUT2D eigenvalue weighted by Crippen LogP contribution is -1.97. The van der Waals surface area contributed by atoms with Crippen LogP contribution >= 0.6 is 0 Å². The first-order valence-electron chi connectivity index (χ1n) is 9.97. The molecule has 0 spiro atoms. The predicted molar refractivity (Wildman–Crippen MR) is 118 cm³/mol. The van der Waals surface area contributed by atoms with Crippen molar-refractivity contribution in [1.82, 2.24) is 24.6 Å². The van der Waals surface area contributed by atoms with Crippen LogP contribution in [-0.2, 0) is 7.05 Å². The smallest absolute Gasteiger partial charge is 0.0973 e. The number of nitrogens with zero attached hydrogens (tertiary/aromatic N) is 3. The van der Waals surface area contributed by atoms with Crippen LogP contribution in [0.15, 0.2) is 66.9 Å². The van der Waals surface area contributed by atoms with E-state index in [1.807, 2.05) is 6.20 Å². The summed E-state index contributed by atoms with van der Waals surface area (Å²) in [5.41, 5.74) is 8.50. The number of para-hydroxylation sites is 1. The van der Waals surface area contributed by atoms with Crippen molar-refractivity contribution >= 4 is 43.7 Å². The molecular weight excluding hydrogens is 358 g/mol. The molecule has 0 aliphatic carbocycles. The van der Waals surface area contributed by atoms with E-state index < -0.39 is 0 Å². The number of rotatable bonds is 2. The summed E-state index contributed by atoms with van der Waals surface area (Å²) in [4.78, 5) is 0. The Morgan fingerprint density at radius 1 is 0.828 bits per heavy atom. The second kappa shape index (κ2) is 5.27. The predicted octanol–water partition coefficient (Wildman–Crippen LogP) is 4.93. The molecule has 3 aromatic heterocycles. The number of aromatic nitrogens is 4. The molecule has 0 saturated carbocycles. The number of H-pyrrole nitrogens is 1. The average Bonchev–Trinajstić information content (AvgIpc) is 3.28. The monoisotopic (exact) mass is 377 g/mol. The van der Waals surface area contributed by atoms with Crippen molar-refractivity contribution in [2.75, 3.05) is 6.54 Å². The second-order valence-electron chi connectivity index (χ2n) is 7.96. The summed E-state index contributed by atoms with van der Waals surface area (Å²) >= 11 is 0. The van der Waals surface area contributed by atoms with Gasteiger partial charge in [-0.2, -0.15) is 5.10 Å². The van der Waals surface area contributed by atoms with Gasteiger partial charge < -0.3 is 9.13 Å². The molecule has 140 valence electrons. The fraction of sp³-hybridized carbons (Fsp3) is 0.125. The van der Waals surface area contributed by atoms with Gasteiger partial charge in [-0.05, 0) is 35.4 Å². The van der Waals surface area contributed by atoms with Gasteiger partial charge in [0.15, 0.2) is 0 Å². The maximum Gasteiger partial charge on any atom is 0.0973 e. The van der Waals surface area contributed by atoms with Gasteiger partial charge in [0.1, 0.15) is 0 Å². The van der Waals surface area contributed by atoms with Crippen LogP contribution in [0.4, 0.5) is 0 Å². The number of benzene rings is 3. The molecule has 6 aromatic rings. The standard InChI is InChI=1S/C24H19N5/c1-28-19-9-7-14(10-18(19)24-22(28)12-26-27-24)15-6-8-17-16-4-2-3-5-20(16)29(21(17)11-15)23-13-25-23/h2-12,23,25H,13H2,1H3,(H,26,27). The van der Waals surface area contributed by atoms with E-state index in [0.717, 1.165) is 17.6 Å². The molecule has 1 atom stereocenters. The molecule has 0 amide bonds. The van der Waals surface area contributed by atoms with E-state index in [0.29, 0.717) is 6.17 Å². The number of aryl methyl sites for hydroxylation is 1. The van der Waals surface area contributed by atoms with Gasteiger partial charge >= 0.3 is 0 Å². The summed E-state index contributed by atoms with van der Waals surface area (Å²) in [6, 6.07) is 22.3. The van der Waals surface area contributed by atoms with Gasteiger partial charge in [-0.25, -0.2) is 0 Å². The minimum Gasteiger partial charge on any atom is -0.341 e. The largest absolute Gasteiger partial charge is 0.341 e. The highest BCUT2D eigenvalue weighted by Crippen LogP contribution is 2.37. The van der Waals surface area contributed by atoms with Crippen molar-refractivity contribution in [2.45, 2.75) is 6.17 Å². The highest BCUT2D eigenvalue weighted by Gasteiger charge is 2.26. The van der Waals surface area contributed by atoms with Gasteiger partial charge in [0.2, 0.25) is 0 Å². The van der Waals surface area contributed by atoms with Crippen molar-refractivity contribution < 1.29 is 0 Å². The third kappa shape index (κ3) is 2.00. The zero-order valence-corrected chi connectivity index (χ0v) is 16.0. The zero-order chi connectivity index (χ0) is 19.1. The molecule has 1 fully saturated rings. The van der Waals surface area contributed by atoms with Crippen LogP contribution in [0.25, 0.3) is 54.9 Å². The molecule has 3 aromatic carbocycles. The molecule has 0 bridgehead atoms. The van der Waals surface area contributed by atoms with E-state index in [4.69, 9.17) is 0 Å². The first-order valence-corrected chi connectivity index (χ1v) is 9.97. The van der Waals surface area contributed by atoms with E-state index in [2.05, 4.69) is 92.4 Å². The third-order valence-electron chi connectivity index (χ3n) is 6.35. The highest BCUT2D eigenvalue weighted by molar-refractivity contribution is 6.10. The Balaban J connectivity index is 1.50. The molecule has 2 N–H and O–H groups in total. The average molecular weight is 377 g/mol. The van der Waals surface area contributed by atoms with Crippen molar-refractivity contribution in [1.29, 1.82) is 0 Å². The van der Waals surface area contributed by atoms with Crippen LogP contribution in [0.3, 0.4) is 0 Å². The summed E-state index contributed by atoms with van der Waals surface area (Å²) in [7, 11) is 2.09. The maximum absolute atomic E-state index is 4.22. The first-order chi connectivity index (χ1) is 14.3. The molecular formula is C24H19N5. The lowest BCUT2D eigenvalue weighted by Gasteiger charge is -2.07. The summed E-state index contributed by atoms with van der Waals surface area (Å²) in [5.74, 6) is 0. The SMILES string of the molecule is Cn1c2ccc(-c3ccc4c5ccccc5n(C5CN5)c4c3)cc2c2[nH]ncc21. The summed E-state index contributed by atoms with van der Waals surface area (Å²) in [6.45, 7) is 1.03. The van der Waals surface area contributed by atoms with Crippen LogP contribution in [-0.4, -0.2) is 25.9 Å². The van der Waals surface area contributed by atoms with Gasteiger partial charge in [0.25, 0.3) is 0 Å². The highest BCUT2D eigenvalue weighted by atomic mass is 15.3. The van der Waals surface area contributed by atoms with Crippen molar-refractivity contribution in [3.8, 4) is 11.1 Å². The van der Waals surface area contributed by atoms with Crippen molar-refractivity contribution in [3.63, 3.8) is 0 Å². The van der Waals surface area contributed by atoms with Gasteiger partial charge in [0.05, 0.1) is 39.9 Å². The number of fused-ring (bicyclic) bond motifs is 6. The fourth-order valence-electron chi connectivity index (χ4n) is 4.82. The molecule has 5 nitrogen and oxygen atoms in total. The van der Waals surface area contributed by atoms with Crippen molar-refractivity contribution in [2.24, 2.45) is 7.05 Å². The first kappa shape index (κ1) is 15.4. The Labute approximate surface area is 166 Å². The number of hydrogen-bond donors (Lipinski definition) is 2. The molecule has 1 unspecified atom stereocenters. The molecule has 0 radical (unpaired) electrons. The summed E-state index contributed by atoms with van der Waals surface area (Å²) in [5, 5.41) is 14.7. The molecule has 29 heavy (non-hydrogen) atoms. The maximum atomic E-state index is 4.22. The molecule has 5 heteroatoms. The van der Waals surface area contributed by atoms with E-state index in [9.17, 15) is 0 Å². The zero-order valence-electron chi connectivity index (χ0n) is 16.0. The van der Waals surface area contributed by atoms with Crippen LogP contribution in [0.5, 0.6) is 0 Å². The number of aromatic amines is 1. The third-order valence-corrected chi connectivity index (χ3v) is 6.35. The number of nitrogens with one attached hydrogen (secondary N) is 2. The van der Waals surface area contributed by atoms with E-state index in [1.165, 1.54) is 43.8 Å². The molecule has 4 heterocycles. The Bertz CT molecular complexity index is 1580. The van der Waals surface area contributed by atoms with Crippen LogP contribution in [0.1, 0.15) is 6.17 Å². The van der Waals surface area contributed by atoms with Crippen molar-refractivity contribution in [3.05, 3.63) is 66.9 Å². The summed E-state index contributed by atoms with van der Waals surface area (Å²) in [6.07, 6.45) is 2.29. The Kier molecular flexibility index (Phi) is 2.79.